The smallest absolute Gasteiger partial charge is 0.254 e. The second-order valence-corrected chi connectivity index (χ2v) is 4.89. The highest BCUT2D eigenvalue weighted by Crippen LogP contribution is 2.13. The minimum absolute atomic E-state index is 0.187. The lowest BCUT2D eigenvalue weighted by Crippen LogP contribution is -2.24. The Morgan fingerprint density at radius 2 is 2.00 bits per heavy atom. The highest BCUT2D eigenvalue weighted by molar-refractivity contribution is 5.93. The van der Waals surface area contributed by atoms with Gasteiger partial charge in [0, 0.05) is 24.6 Å². The normalized spacial score (nSPS) is 10.3. The Balaban J connectivity index is 1.91. The Morgan fingerprint density at radius 3 is 2.68 bits per heavy atom. The Morgan fingerprint density at radius 1 is 1.23 bits per heavy atom. The number of anilines is 2. The highest BCUT2D eigenvalue weighted by Gasteiger charge is 2.06. The van der Waals surface area contributed by atoms with Crippen LogP contribution in [0.15, 0.2) is 36.7 Å². The summed E-state index contributed by atoms with van der Waals surface area (Å²) >= 11 is 0. The number of benzene rings is 1. The molecule has 2 aromatic rings. The van der Waals surface area contributed by atoms with Crippen molar-refractivity contribution in [2.24, 2.45) is 0 Å². The lowest BCUT2D eigenvalue weighted by atomic mass is 10.2. The van der Waals surface area contributed by atoms with Gasteiger partial charge in [-0.1, -0.05) is 25.8 Å². The number of nitrogens with zero attached hydrogens (tertiary/aromatic N) is 2. The van der Waals surface area contributed by atoms with Crippen LogP contribution in [0.5, 0.6) is 0 Å². The molecule has 0 radical (unpaired) electrons. The fourth-order valence-electron chi connectivity index (χ4n) is 1.88. The third kappa shape index (κ3) is 4.80. The molecule has 0 saturated heterocycles. The van der Waals surface area contributed by atoms with Gasteiger partial charge >= 0.3 is 0 Å². The second kappa shape index (κ2) is 8.07. The summed E-state index contributed by atoms with van der Waals surface area (Å²) in [6.45, 7) is 2.76. The molecule has 116 valence electrons. The molecule has 0 aliphatic rings. The van der Waals surface area contributed by atoms with Crippen LogP contribution in [-0.4, -0.2) is 22.4 Å². The molecule has 5 nitrogen and oxygen atoms in total. The zero-order valence-electron chi connectivity index (χ0n) is 12.5. The monoisotopic (exact) mass is 302 g/mol. The van der Waals surface area contributed by atoms with E-state index < -0.39 is 0 Å². The first-order chi connectivity index (χ1) is 10.7. The van der Waals surface area contributed by atoms with Crippen molar-refractivity contribution in [3.05, 3.63) is 48.0 Å². The molecule has 0 unspecified atom stereocenters. The van der Waals surface area contributed by atoms with E-state index >= 15 is 0 Å². The van der Waals surface area contributed by atoms with Gasteiger partial charge in [0.15, 0.2) is 0 Å². The third-order valence-electron chi connectivity index (χ3n) is 3.06. The second-order valence-electron chi connectivity index (χ2n) is 4.89. The van der Waals surface area contributed by atoms with Crippen LogP contribution < -0.4 is 10.6 Å². The topological polar surface area (TPSA) is 66.9 Å². The molecule has 0 fully saturated rings. The predicted molar refractivity (Wildman–Crippen MR) is 83.6 cm³/mol. The van der Waals surface area contributed by atoms with Gasteiger partial charge in [0.25, 0.3) is 5.91 Å². The van der Waals surface area contributed by atoms with Crippen molar-refractivity contribution in [2.75, 3.05) is 11.9 Å². The molecule has 1 heterocycles. The summed E-state index contributed by atoms with van der Waals surface area (Å²) in [5.74, 6) is -0.213. The number of hydrogen-bond acceptors (Lipinski definition) is 4. The summed E-state index contributed by atoms with van der Waals surface area (Å²) in [5, 5.41) is 5.70. The Labute approximate surface area is 129 Å². The molecule has 2 rings (SSSR count). The Bertz CT molecular complexity index is 616. The number of carbonyl (C=O) groups is 1. The fraction of sp³-hybridized carbons (Fsp3) is 0.312. The van der Waals surface area contributed by atoms with Gasteiger partial charge in [-0.05, 0) is 24.6 Å². The molecule has 1 aromatic heterocycles. The maximum atomic E-state index is 13.1. The van der Waals surface area contributed by atoms with Crippen molar-refractivity contribution in [1.29, 1.82) is 0 Å². The zero-order valence-corrected chi connectivity index (χ0v) is 12.5. The highest BCUT2D eigenvalue weighted by atomic mass is 19.1. The SMILES string of the molecule is CCCCCNC(=O)c1cnc(Nc2cccc(F)c2)nc1. The number of aromatic nitrogens is 2. The number of halogens is 1. The van der Waals surface area contributed by atoms with Gasteiger partial charge < -0.3 is 10.6 Å². The third-order valence-corrected chi connectivity index (χ3v) is 3.06. The molecular weight excluding hydrogens is 283 g/mol. The molecule has 0 bridgehead atoms. The van der Waals surface area contributed by atoms with E-state index in [0.29, 0.717) is 23.7 Å². The average molecular weight is 302 g/mol. The quantitative estimate of drug-likeness (QED) is 0.770. The largest absolute Gasteiger partial charge is 0.352 e. The van der Waals surface area contributed by atoms with Gasteiger partial charge in [-0.3, -0.25) is 4.79 Å². The number of carbonyl (C=O) groups excluding carboxylic acids is 1. The van der Waals surface area contributed by atoms with Crippen LogP contribution in [0.1, 0.15) is 36.5 Å². The molecule has 0 saturated carbocycles. The van der Waals surface area contributed by atoms with E-state index in [9.17, 15) is 9.18 Å². The van der Waals surface area contributed by atoms with E-state index in [1.165, 1.54) is 24.5 Å². The fourth-order valence-corrected chi connectivity index (χ4v) is 1.88. The van der Waals surface area contributed by atoms with E-state index in [0.717, 1.165) is 19.3 Å². The predicted octanol–water partition coefficient (Wildman–Crippen LogP) is 3.28. The molecule has 1 amide bonds. The van der Waals surface area contributed by atoms with Crippen LogP contribution in [0.4, 0.5) is 16.0 Å². The molecule has 0 aliphatic heterocycles. The number of amides is 1. The molecule has 1 aromatic carbocycles. The Kier molecular flexibility index (Phi) is 5.82. The summed E-state index contributed by atoms with van der Waals surface area (Å²) < 4.78 is 13.1. The molecule has 0 atom stereocenters. The van der Waals surface area contributed by atoms with Crippen molar-refractivity contribution in [3.63, 3.8) is 0 Å². The van der Waals surface area contributed by atoms with E-state index in [-0.39, 0.29) is 11.7 Å². The van der Waals surface area contributed by atoms with Crippen LogP contribution in [0, 0.1) is 5.82 Å². The molecule has 2 N–H and O–H groups in total. The summed E-state index contributed by atoms with van der Waals surface area (Å²) in [6, 6.07) is 6.01. The summed E-state index contributed by atoms with van der Waals surface area (Å²) in [5.41, 5.74) is 0.957. The van der Waals surface area contributed by atoms with Gasteiger partial charge in [0.1, 0.15) is 5.82 Å². The number of rotatable bonds is 7. The van der Waals surface area contributed by atoms with Crippen LogP contribution in [-0.2, 0) is 0 Å². The molecular formula is C16H19FN4O. The zero-order chi connectivity index (χ0) is 15.8. The summed E-state index contributed by atoms with van der Waals surface area (Å²) in [6.07, 6.45) is 6.06. The van der Waals surface area contributed by atoms with Crippen molar-refractivity contribution in [2.45, 2.75) is 26.2 Å². The lowest BCUT2D eigenvalue weighted by molar-refractivity contribution is 0.0952. The number of unbranched alkanes of at least 4 members (excludes halogenated alkanes) is 2. The van der Waals surface area contributed by atoms with E-state index in [4.69, 9.17) is 0 Å². The van der Waals surface area contributed by atoms with Crippen molar-refractivity contribution < 1.29 is 9.18 Å². The first-order valence-corrected chi connectivity index (χ1v) is 7.32. The van der Waals surface area contributed by atoms with E-state index in [2.05, 4.69) is 27.5 Å². The summed E-state index contributed by atoms with van der Waals surface area (Å²) in [7, 11) is 0. The maximum absolute atomic E-state index is 13.1. The van der Waals surface area contributed by atoms with Gasteiger partial charge in [0.2, 0.25) is 5.95 Å². The van der Waals surface area contributed by atoms with E-state index in [1.807, 2.05) is 0 Å². The number of hydrogen-bond donors (Lipinski definition) is 2. The van der Waals surface area contributed by atoms with Crippen LogP contribution >= 0.6 is 0 Å². The van der Waals surface area contributed by atoms with Crippen LogP contribution in [0.3, 0.4) is 0 Å². The van der Waals surface area contributed by atoms with Crippen molar-refractivity contribution >= 4 is 17.5 Å². The minimum atomic E-state index is -0.340. The minimum Gasteiger partial charge on any atom is -0.352 e. The van der Waals surface area contributed by atoms with Crippen LogP contribution in [0.25, 0.3) is 0 Å². The number of nitrogens with one attached hydrogen (secondary N) is 2. The van der Waals surface area contributed by atoms with Gasteiger partial charge in [-0.2, -0.15) is 0 Å². The molecule has 0 spiro atoms. The molecule has 6 heteroatoms. The molecule has 22 heavy (non-hydrogen) atoms. The standard InChI is InChI=1S/C16H19FN4O/c1-2-3-4-8-18-15(22)12-10-19-16(20-11-12)21-14-7-5-6-13(17)9-14/h5-7,9-11H,2-4,8H2,1H3,(H,18,22)(H,19,20,21). The van der Waals surface area contributed by atoms with E-state index in [1.54, 1.807) is 12.1 Å². The average Bonchev–Trinajstić information content (AvgIpc) is 2.52. The molecule has 0 aliphatic carbocycles. The lowest BCUT2D eigenvalue weighted by Gasteiger charge is -2.06. The van der Waals surface area contributed by atoms with Gasteiger partial charge in [-0.15, -0.1) is 0 Å². The van der Waals surface area contributed by atoms with Crippen molar-refractivity contribution in [3.8, 4) is 0 Å². The van der Waals surface area contributed by atoms with Crippen molar-refractivity contribution in [1.82, 2.24) is 15.3 Å². The Hall–Kier alpha value is -2.50. The summed E-state index contributed by atoms with van der Waals surface area (Å²) in [4.78, 5) is 20.0. The van der Waals surface area contributed by atoms with Gasteiger partial charge in [0.05, 0.1) is 5.56 Å². The van der Waals surface area contributed by atoms with Gasteiger partial charge in [-0.25, -0.2) is 14.4 Å². The first kappa shape index (κ1) is 15.9. The first-order valence-electron chi connectivity index (χ1n) is 7.32. The maximum Gasteiger partial charge on any atom is 0.254 e. The van der Waals surface area contributed by atoms with Crippen LogP contribution in [0.2, 0.25) is 0 Å².